The van der Waals surface area contributed by atoms with Crippen LogP contribution in [0.4, 0.5) is 0 Å². The minimum absolute atomic E-state index is 0.0573. The first-order valence-corrected chi connectivity index (χ1v) is 11.2. The van der Waals surface area contributed by atoms with Crippen molar-refractivity contribution in [1.82, 2.24) is 14.9 Å². The normalized spacial score (nSPS) is 11.1. The molecule has 0 unspecified atom stereocenters. The average Bonchev–Trinajstić information content (AvgIpc) is 3.15. The van der Waals surface area contributed by atoms with Crippen molar-refractivity contribution in [2.24, 2.45) is 5.92 Å². The lowest BCUT2D eigenvalue weighted by atomic mass is 10.0. The van der Waals surface area contributed by atoms with Gasteiger partial charge in [-0.3, -0.25) is 4.79 Å². The lowest BCUT2D eigenvalue weighted by Crippen LogP contribution is -2.30. The van der Waals surface area contributed by atoms with Crippen molar-refractivity contribution < 1.29 is 9.53 Å². The molecule has 0 atom stereocenters. The van der Waals surface area contributed by atoms with Gasteiger partial charge in [-0.1, -0.05) is 50.3 Å². The number of para-hydroxylation sites is 3. The van der Waals surface area contributed by atoms with Crippen molar-refractivity contribution in [3.05, 3.63) is 72.6 Å². The van der Waals surface area contributed by atoms with E-state index >= 15 is 0 Å². The van der Waals surface area contributed by atoms with E-state index in [0.29, 0.717) is 13.2 Å². The molecule has 31 heavy (non-hydrogen) atoms. The van der Waals surface area contributed by atoms with Gasteiger partial charge in [0.15, 0.2) is 0 Å². The third-order valence-corrected chi connectivity index (χ3v) is 5.63. The predicted octanol–water partition coefficient (Wildman–Crippen LogP) is 5.29. The minimum atomic E-state index is 0.0573. The van der Waals surface area contributed by atoms with Gasteiger partial charge in [0.1, 0.15) is 11.6 Å². The number of nitrogens with zero attached hydrogens (tertiary/aromatic N) is 2. The number of imidazole rings is 1. The molecular formula is C26H33N3O2. The number of carbonyl (C=O) groups is 1. The number of benzene rings is 2. The quantitative estimate of drug-likeness (QED) is 0.321. The maximum absolute atomic E-state index is 12.4. The van der Waals surface area contributed by atoms with Crippen molar-refractivity contribution in [2.75, 3.05) is 6.61 Å². The number of hydrogen-bond acceptors (Lipinski definition) is 3. The minimum Gasteiger partial charge on any atom is -0.493 e. The number of carbonyl (C=O) groups excluding carboxylic acids is 1. The van der Waals surface area contributed by atoms with Crippen LogP contribution >= 0.6 is 0 Å². The number of rotatable bonds is 12. The van der Waals surface area contributed by atoms with Gasteiger partial charge in [-0.05, 0) is 49.4 Å². The zero-order valence-electron chi connectivity index (χ0n) is 18.6. The highest BCUT2D eigenvalue weighted by atomic mass is 16.5. The van der Waals surface area contributed by atoms with Gasteiger partial charge >= 0.3 is 0 Å². The Bertz CT molecular complexity index is 1000. The number of fused-ring (bicyclic) bond motifs is 1. The van der Waals surface area contributed by atoms with Crippen LogP contribution in [-0.2, 0) is 24.3 Å². The van der Waals surface area contributed by atoms with Crippen LogP contribution in [0.1, 0.15) is 44.5 Å². The Hall–Kier alpha value is -3.08. The van der Waals surface area contributed by atoms with E-state index < -0.39 is 0 Å². The predicted molar refractivity (Wildman–Crippen MR) is 126 cm³/mol. The smallest absolute Gasteiger partial charge is 0.223 e. The van der Waals surface area contributed by atoms with E-state index in [2.05, 4.69) is 42.4 Å². The molecule has 1 aromatic heterocycles. The van der Waals surface area contributed by atoms with Crippen LogP contribution in [0.3, 0.4) is 0 Å². The third-order valence-electron chi connectivity index (χ3n) is 5.63. The molecule has 0 aliphatic rings. The molecule has 0 aliphatic heterocycles. The van der Waals surface area contributed by atoms with Crippen LogP contribution < -0.4 is 10.1 Å². The van der Waals surface area contributed by atoms with Gasteiger partial charge in [0.05, 0.1) is 24.2 Å². The monoisotopic (exact) mass is 419 g/mol. The largest absolute Gasteiger partial charge is 0.493 e. The van der Waals surface area contributed by atoms with Gasteiger partial charge < -0.3 is 14.6 Å². The molecule has 0 aliphatic carbocycles. The summed E-state index contributed by atoms with van der Waals surface area (Å²) in [4.78, 5) is 17.2. The summed E-state index contributed by atoms with van der Waals surface area (Å²) in [5.74, 6) is 1.95. The molecule has 164 valence electrons. The molecule has 2 aromatic carbocycles. The van der Waals surface area contributed by atoms with E-state index in [0.717, 1.165) is 60.4 Å². The molecule has 3 aromatic rings. The number of ether oxygens (including phenoxy) is 1. The van der Waals surface area contributed by atoms with Gasteiger partial charge in [-0.15, -0.1) is 6.58 Å². The molecule has 0 saturated carbocycles. The van der Waals surface area contributed by atoms with E-state index in [-0.39, 0.29) is 11.8 Å². The second-order valence-electron chi connectivity index (χ2n) is 7.70. The first-order chi connectivity index (χ1) is 15.2. The van der Waals surface area contributed by atoms with Crippen LogP contribution in [0.5, 0.6) is 5.75 Å². The van der Waals surface area contributed by atoms with Gasteiger partial charge in [0, 0.05) is 12.5 Å². The summed E-state index contributed by atoms with van der Waals surface area (Å²) < 4.78 is 8.24. The zero-order valence-corrected chi connectivity index (χ0v) is 18.6. The molecule has 1 heterocycles. The van der Waals surface area contributed by atoms with E-state index in [1.54, 1.807) is 0 Å². The van der Waals surface area contributed by atoms with Gasteiger partial charge in [0.2, 0.25) is 5.91 Å². The van der Waals surface area contributed by atoms with Crippen LogP contribution in [0, 0.1) is 5.92 Å². The van der Waals surface area contributed by atoms with Crippen molar-refractivity contribution >= 4 is 16.9 Å². The Balaban J connectivity index is 1.66. The fraction of sp³-hybridized carbons (Fsp3) is 0.385. The summed E-state index contributed by atoms with van der Waals surface area (Å²) in [6, 6.07) is 16.2. The highest BCUT2D eigenvalue weighted by Gasteiger charge is 2.16. The van der Waals surface area contributed by atoms with Gasteiger partial charge in [-0.2, -0.15) is 0 Å². The van der Waals surface area contributed by atoms with Crippen LogP contribution in [-0.4, -0.2) is 22.1 Å². The van der Waals surface area contributed by atoms with E-state index in [9.17, 15) is 4.79 Å². The maximum Gasteiger partial charge on any atom is 0.223 e. The Labute approximate surface area is 185 Å². The Morgan fingerprint density at radius 2 is 1.90 bits per heavy atom. The molecule has 0 bridgehead atoms. The zero-order chi connectivity index (χ0) is 22.1. The highest BCUT2D eigenvalue weighted by Crippen LogP contribution is 2.20. The number of aryl methyl sites for hydroxylation is 1. The Kier molecular flexibility index (Phi) is 8.27. The molecule has 0 spiro atoms. The van der Waals surface area contributed by atoms with Crippen molar-refractivity contribution in [2.45, 2.75) is 52.6 Å². The molecular weight excluding hydrogens is 386 g/mol. The van der Waals surface area contributed by atoms with Gasteiger partial charge in [-0.25, -0.2) is 4.98 Å². The number of nitrogens with one attached hydrogen (secondary N) is 1. The molecule has 0 saturated heterocycles. The highest BCUT2D eigenvalue weighted by molar-refractivity contribution is 5.79. The Morgan fingerprint density at radius 1 is 1.16 bits per heavy atom. The van der Waals surface area contributed by atoms with Crippen molar-refractivity contribution in [3.8, 4) is 5.75 Å². The number of aromatic nitrogens is 2. The van der Waals surface area contributed by atoms with E-state index in [1.807, 2.05) is 42.5 Å². The second-order valence-corrected chi connectivity index (χ2v) is 7.70. The topological polar surface area (TPSA) is 56.1 Å². The lowest BCUT2D eigenvalue weighted by molar-refractivity contribution is -0.125. The molecule has 5 nitrogen and oxygen atoms in total. The first-order valence-electron chi connectivity index (χ1n) is 11.2. The summed E-state index contributed by atoms with van der Waals surface area (Å²) in [7, 11) is 0. The SMILES string of the molecule is C=CCc1ccccc1OCCCn1c(CNC(=O)C(CC)CC)nc2ccccc21. The fourth-order valence-electron chi connectivity index (χ4n) is 3.85. The lowest BCUT2D eigenvalue weighted by Gasteiger charge is -2.14. The van der Waals surface area contributed by atoms with Crippen molar-refractivity contribution in [1.29, 1.82) is 0 Å². The summed E-state index contributed by atoms with van der Waals surface area (Å²) in [5, 5.41) is 3.08. The summed E-state index contributed by atoms with van der Waals surface area (Å²) in [5.41, 5.74) is 3.18. The second kappa shape index (κ2) is 11.3. The van der Waals surface area contributed by atoms with Crippen LogP contribution in [0.15, 0.2) is 61.2 Å². The number of hydrogen-bond donors (Lipinski definition) is 1. The molecule has 3 rings (SSSR count). The van der Waals surface area contributed by atoms with Gasteiger partial charge in [0.25, 0.3) is 0 Å². The summed E-state index contributed by atoms with van der Waals surface area (Å²) in [6.45, 7) is 9.75. The first kappa shape index (κ1) is 22.6. The molecule has 5 heteroatoms. The van der Waals surface area contributed by atoms with Crippen LogP contribution in [0.2, 0.25) is 0 Å². The average molecular weight is 420 g/mol. The van der Waals surface area contributed by atoms with Crippen LogP contribution in [0.25, 0.3) is 11.0 Å². The third kappa shape index (κ3) is 5.75. The van der Waals surface area contributed by atoms with E-state index in [1.165, 1.54) is 0 Å². The summed E-state index contributed by atoms with van der Waals surface area (Å²) in [6.07, 6.45) is 5.23. The van der Waals surface area contributed by atoms with E-state index in [4.69, 9.17) is 9.72 Å². The molecule has 1 amide bonds. The molecule has 0 fully saturated rings. The number of allylic oxidation sites excluding steroid dienone is 1. The fourth-order valence-corrected chi connectivity index (χ4v) is 3.85. The van der Waals surface area contributed by atoms with Crippen molar-refractivity contribution in [3.63, 3.8) is 0 Å². The summed E-state index contributed by atoms with van der Waals surface area (Å²) >= 11 is 0. The standard InChI is InChI=1S/C26H33N3O2/c1-4-12-21-13-7-10-16-24(21)31-18-11-17-29-23-15-9-8-14-22(23)28-25(29)19-27-26(30)20(5-2)6-3/h4,7-10,13-16,20H,1,5-6,11-12,17-19H2,2-3H3,(H,27,30). The number of amides is 1. The Morgan fingerprint density at radius 3 is 2.68 bits per heavy atom. The molecule has 1 N–H and O–H groups in total. The molecule has 0 radical (unpaired) electrons. The maximum atomic E-state index is 12.4.